The van der Waals surface area contributed by atoms with Gasteiger partial charge >= 0.3 is 5.97 Å². The Bertz CT molecular complexity index is 1410. The maximum absolute atomic E-state index is 12.7. The Kier molecular flexibility index (Phi) is 8.14. The number of aromatic nitrogens is 3. The van der Waals surface area contributed by atoms with Gasteiger partial charge in [0.05, 0.1) is 36.2 Å². The van der Waals surface area contributed by atoms with Crippen molar-refractivity contribution in [1.29, 1.82) is 0 Å². The molecular formula is C25H20Cl2N4O4S. The van der Waals surface area contributed by atoms with E-state index in [0.717, 1.165) is 0 Å². The second-order valence-electron chi connectivity index (χ2n) is 7.34. The number of thioether (sulfide) groups is 1. The van der Waals surface area contributed by atoms with Crippen LogP contribution in [-0.2, 0) is 9.53 Å². The molecule has 0 spiro atoms. The Labute approximate surface area is 221 Å². The largest absolute Gasteiger partial charge is 0.495 e. The lowest BCUT2D eigenvalue weighted by Crippen LogP contribution is -2.15. The fourth-order valence-corrected chi connectivity index (χ4v) is 4.61. The van der Waals surface area contributed by atoms with Gasteiger partial charge in [-0.1, -0.05) is 47.1 Å². The Hall–Kier alpha value is -3.53. The minimum Gasteiger partial charge on any atom is -0.495 e. The minimum absolute atomic E-state index is 0.0559. The molecule has 0 aliphatic carbocycles. The fraction of sp³-hybridized carbons (Fsp3) is 0.120. The number of esters is 1. The number of carbonyl (C=O) groups is 2. The van der Waals surface area contributed by atoms with E-state index in [1.165, 1.54) is 18.9 Å². The molecule has 0 bridgehead atoms. The Balaban J connectivity index is 1.60. The molecule has 0 saturated heterocycles. The van der Waals surface area contributed by atoms with Crippen molar-refractivity contribution in [1.82, 2.24) is 14.8 Å². The summed E-state index contributed by atoms with van der Waals surface area (Å²) in [5, 5.41) is 12.9. The topological polar surface area (TPSA) is 95.3 Å². The first kappa shape index (κ1) is 25.6. The predicted molar refractivity (Wildman–Crippen MR) is 141 cm³/mol. The molecule has 0 fully saturated rings. The third-order valence-electron chi connectivity index (χ3n) is 5.05. The minimum atomic E-state index is -0.448. The number of hydrogen-bond acceptors (Lipinski definition) is 7. The van der Waals surface area contributed by atoms with E-state index in [2.05, 4.69) is 20.3 Å². The standard InChI is InChI=1S/C25H20Cl2N4O4S/c1-34-21-6-4-3-5-20(21)31-23(18-12-9-16(26)13-19(18)27)29-30-25(31)36-14-22(32)28-17-10-7-15(8-11-17)24(33)35-2/h3-13H,14H2,1-2H3,(H,28,32). The zero-order valence-corrected chi connectivity index (χ0v) is 21.5. The first-order valence-corrected chi connectivity index (χ1v) is 12.3. The normalized spacial score (nSPS) is 10.7. The van der Waals surface area contributed by atoms with Crippen LogP contribution in [-0.4, -0.2) is 46.6 Å². The van der Waals surface area contributed by atoms with Crippen LogP contribution in [0.5, 0.6) is 5.75 Å². The number of amides is 1. The van der Waals surface area contributed by atoms with Crippen molar-refractivity contribution < 1.29 is 19.1 Å². The van der Waals surface area contributed by atoms with Gasteiger partial charge in [-0.15, -0.1) is 10.2 Å². The number of nitrogens with zero attached hydrogens (tertiary/aromatic N) is 3. The summed E-state index contributed by atoms with van der Waals surface area (Å²) in [6.45, 7) is 0. The van der Waals surface area contributed by atoms with E-state index >= 15 is 0 Å². The molecule has 36 heavy (non-hydrogen) atoms. The zero-order valence-electron chi connectivity index (χ0n) is 19.2. The smallest absolute Gasteiger partial charge is 0.337 e. The SMILES string of the molecule is COC(=O)c1ccc(NC(=O)CSc2nnc(-c3ccc(Cl)cc3Cl)n2-c2ccccc2OC)cc1. The van der Waals surface area contributed by atoms with Gasteiger partial charge in [0.1, 0.15) is 5.75 Å². The zero-order chi connectivity index (χ0) is 25.7. The molecule has 0 radical (unpaired) electrons. The van der Waals surface area contributed by atoms with Gasteiger partial charge in [-0.3, -0.25) is 9.36 Å². The average Bonchev–Trinajstić information content (AvgIpc) is 3.30. The summed E-state index contributed by atoms with van der Waals surface area (Å²) in [6, 6.07) is 18.9. The van der Waals surface area contributed by atoms with Gasteiger partial charge in [-0.2, -0.15) is 0 Å². The summed E-state index contributed by atoms with van der Waals surface area (Å²) in [7, 11) is 2.88. The van der Waals surface area contributed by atoms with Crippen molar-refractivity contribution in [2.75, 3.05) is 25.3 Å². The van der Waals surface area contributed by atoms with E-state index < -0.39 is 5.97 Å². The van der Waals surface area contributed by atoms with Crippen molar-refractivity contribution >= 4 is 52.5 Å². The Morgan fingerprint density at radius 3 is 2.44 bits per heavy atom. The van der Waals surface area contributed by atoms with E-state index in [4.69, 9.17) is 27.9 Å². The number of methoxy groups -OCH3 is 2. The molecule has 4 aromatic rings. The molecule has 184 valence electrons. The molecule has 1 N–H and O–H groups in total. The van der Waals surface area contributed by atoms with Crippen molar-refractivity contribution in [2.24, 2.45) is 0 Å². The molecule has 0 aliphatic heterocycles. The van der Waals surface area contributed by atoms with Gasteiger partial charge in [0.25, 0.3) is 0 Å². The van der Waals surface area contributed by atoms with E-state index in [9.17, 15) is 9.59 Å². The number of halogens is 2. The van der Waals surface area contributed by atoms with Crippen molar-refractivity contribution in [2.45, 2.75) is 5.16 Å². The monoisotopic (exact) mass is 542 g/mol. The number of ether oxygens (including phenoxy) is 2. The van der Waals surface area contributed by atoms with Gasteiger partial charge in [-0.05, 0) is 54.6 Å². The summed E-state index contributed by atoms with van der Waals surface area (Å²) < 4.78 is 12.0. The number of carbonyl (C=O) groups excluding carboxylic acids is 2. The third kappa shape index (κ3) is 5.64. The molecule has 1 heterocycles. The fourth-order valence-electron chi connectivity index (χ4n) is 3.38. The highest BCUT2D eigenvalue weighted by molar-refractivity contribution is 7.99. The van der Waals surface area contributed by atoms with Crippen LogP contribution >= 0.6 is 35.0 Å². The quantitative estimate of drug-likeness (QED) is 0.223. The number of hydrogen-bond donors (Lipinski definition) is 1. The third-order valence-corrected chi connectivity index (χ3v) is 6.53. The summed E-state index contributed by atoms with van der Waals surface area (Å²) >= 11 is 13.7. The molecular weight excluding hydrogens is 523 g/mol. The van der Waals surface area contributed by atoms with Gasteiger partial charge < -0.3 is 14.8 Å². The number of nitrogens with one attached hydrogen (secondary N) is 1. The lowest BCUT2D eigenvalue weighted by Gasteiger charge is -2.14. The molecule has 1 aromatic heterocycles. The van der Waals surface area contributed by atoms with E-state index in [1.807, 2.05) is 24.3 Å². The molecule has 0 unspecified atom stereocenters. The highest BCUT2D eigenvalue weighted by atomic mass is 35.5. The van der Waals surface area contributed by atoms with Crippen LogP contribution in [0.2, 0.25) is 10.0 Å². The van der Waals surface area contributed by atoms with Crippen LogP contribution in [0.1, 0.15) is 10.4 Å². The summed E-state index contributed by atoms with van der Waals surface area (Å²) in [6.07, 6.45) is 0. The predicted octanol–water partition coefficient (Wildman–Crippen LogP) is 5.77. The molecule has 3 aromatic carbocycles. The number of benzene rings is 3. The molecule has 4 rings (SSSR count). The van der Waals surface area contributed by atoms with Gasteiger partial charge in [-0.25, -0.2) is 4.79 Å². The molecule has 0 aliphatic rings. The van der Waals surface area contributed by atoms with Gasteiger partial charge in [0, 0.05) is 16.3 Å². The maximum atomic E-state index is 12.7. The highest BCUT2D eigenvalue weighted by Crippen LogP contribution is 2.36. The first-order chi connectivity index (χ1) is 17.4. The summed E-state index contributed by atoms with van der Waals surface area (Å²) in [5.74, 6) is 0.422. The summed E-state index contributed by atoms with van der Waals surface area (Å²) in [5.41, 5.74) is 2.25. The maximum Gasteiger partial charge on any atom is 0.337 e. The van der Waals surface area contributed by atoms with Crippen LogP contribution in [0.4, 0.5) is 5.69 Å². The van der Waals surface area contributed by atoms with E-state index in [0.29, 0.717) is 49.3 Å². The van der Waals surface area contributed by atoms with Crippen LogP contribution in [0, 0.1) is 0 Å². The molecule has 11 heteroatoms. The average molecular weight is 543 g/mol. The van der Waals surface area contributed by atoms with E-state index in [1.54, 1.807) is 54.1 Å². The lowest BCUT2D eigenvalue weighted by atomic mass is 10.2. The molecule has 1 amide bonds. The van der Waals surface area contributed by atoms with Crippen molar-refractivity contribution in [3.8, 4) is 22.8 Å². The summed E-state index contributed by atoms with van der Waals surface area (Å²) in [4.78, 5) is 24.2. The van der Waals surface area contributed by atoms with Gasteiger partial charge in [0.15, 0.2) is 11.0 Å². The Morgan fingerprint density at radius 2 is 1.75 bits per heavy atom. The lowest BCUT2D eigenvalue weighted by molar-refractivity contribution is -0.113. The second-order valence-corrected chi connectivity index (χ2v) is 9.13. The van der Waals surface area contributed by atoms with Crippen LogP contribution < -0.4 is 10.1 Å². The van der Waals surface area contributed by atoms with Crippen LogP contribution in [0.25, 0.3) is 17.1 Å². The van der Waals surface area contributed by atoms with E-state index in [-0.39, 0.29) is 11.7 Å². The second kappa shape index (κ2) is 11.5. The molecule has 8 nitrogen and oxygen atoms in total. The number of anilines is 1. The van der Waals surface area contributed by atoms with Crippen molar-refractivity contribution in [3.05, 3.63) is 82.3 Å². The molecule has 0 atom stereocenters. The van der Waals surface area contributed by atoms with Gasteiger partial charge in [0.2, 0.25) is 5.91 Å². The number of para-hydroxylation sites is 2. The van der Waals surface area contributed by atoms with Crippen LogP contribution in [0.15, 0.2) is 71.9 Å². The van der Waals surface area contributed by atoms with Crippen molar-refractivity contribution in [3.63, 3.8) is 0 Å². The highest BCUT2D eigenvalue weighted by Gasteiger charge is 2.21. The van der Waals surface area contributed by atoms with Crippen LogP contribution in [0.3, 0.4) is 0 Å². The first-order valence-electron chi connectivity index (χ1n) is 10.6. The molecule has 0 saturated carbocycles. The number of rotatable bonds is 8. The Morgan fingerprint density at radius 1 is 1.00 bits per heavy atom.